The number of carbonyl (C=O) groups is 1. The number of aromatic nitrogens is 1. The molecule has 1 heterocycles. The Kier molecular flexibility index (Phi) is 9.65. The molecule has 37 heavy (non-hydrogen) atoms. The molecule has 7 nitrogen and oxygen atoms in total. The zero-order valence-electron chi connectivity index (χ0n) is 20.8. The molecule has 4 aromatic rings. The van der Waals surface area contributed by atoms with Gasteiger partial charge in [-0.05, 0) is 55.3 Å². The van der Waals surface area contributed by atoms with Crippen LogP contribution in [0.1, 0.15) is 18.2 Å². The van der Waals surface area contributed by atoms with Crippen molar-refractivity contribution in [1.29, 1.82) is 0 Å². The Morgan fingerprint density at radius 2 is 1.68 bits per heavy atom. The summed E-state index contributed by atoms with van der Waals surface area (Å²) in [6.45, 7) is 2.76. The molecular weight excluding hydrogens is 484 g/mol. The Balaban J connectivity index is 1.16. The highest BCUT2D eigenvalue weighted by Crippen LogP contribution is 2.21. The van der Waals surface area contributed by atoms with Gasteiger partial charge in [0.15, 0.2) is 5.13 Å². The summed E-state index contributed by atoms with van der Waals surface area (Å²) in [6, 6.07) is 27.3. The number of rotatable bonds is 13. The van der Waals surface area contributed by atoms with Gasteiger partial charge in [-0.3, -0.25) is 4.79 Å². The highest BCUT2D eigenvalue weighted by atomic mass is 32.1. The lowest BCUT2D eigenvalue weighted by molar-refractivity contribution is -0.115. The Bertz CT molecular complexity index is 1230. The highest BCUT2D eigenvalue weighted by molar-refractivity contribution is 7.13. The van der Waals surface area contributed by atoms with Gasteiger partial charge in [-0.25, -0.2) is 4.98 Å². The molecule has 0 fully saturated rings. The zero-order chi connectivity index (χ0) is 25.9. The zero-order valence-corrected chi connectivity index (χ0v) is 21.6. The van der Waals surface area contributed by atoms with E-state index in [1.165, 1.54) is 11.3 Å². The number of aliphatic hydroxyl groups excluding tert-OH is 1. The number of ether oxygens (including phenoxy) is 1. The van der Waals surface area contributed by atoms with Crippen LogP contribution >= 0.6 is 11.3 Å². The molecule has 0 aliphatic rings. The van der Waals surface area contributed by atoms with Gasteiger partial charge in [0.1, 0.15) is 18.5 Å². The minimum Gasteiger partial charge on any atom is -0.491 e. The van der Waals surface area contributed by atoms with E-state index in [-0.39, 0.29) is 25.0 Å². The Labute approximate surface area is 221 Å². The Morgan fingerprint density at radius 1 is 0.973 bits per heavy atom. The van der Waals surface area contributed by atoms with E-state index in [2.05, 4.69) is 27.9 Å². The molecule has 3 aromatic carbocycles. The number of hydrogen-bond donors (Lipinski definition) is 4. The summed E-state index contributed by atoms with van der Waals surface area (Å²) in [5.74, 6) is 0.643. The van der Waals surface area contributed by atoms with E-state index in [0.29, 0.717) is 6.54 Å². The van der Waals surface area contributed by atoms with Crippen LogP contribution in [0.4, 0.5) is 16.5 Å². The lowest BCUT2D eigenvalue weighted by atomic mass is 10.1. The van der Waals surface area contributed by atoms with Crippen molar-refractivity contribution in [2.75, 3.05) is 23.8 Å². The fourth-order valence-electron chi connectivity index (χ4n) is 3.72. The van der Waals surface area contributed by atoms with Crippen molar-refractivity contribution in [2.45, 2.75) is 31.9 Å². The number of nitrogens with one attached hydrogen (secondary N) is 3. The van der Waals surface area contributed by atoms with Crippen molar-refractivity contribution >= 4 is 33.8 Å². The number of aliphatic hydroxyl groups is 1. The molecule has 1 aromatic heterocycles. The van der Waals surface area contributed by atoms with Crippen molar-refractivity contribution in [2.24, 2.45) is 0 Å². The van der Waals surface area contributed by atoms with Gasteiger partial charge in [0.05, 0.1) is 12.1 Å². The third-order valence-corrected chi connectivity index (χ3v) is 6.39. The van der Waals surface area contributed by atoms with Crippen molar-refractivity contribution < 1.29 is 14.6 Å². The van der Waals surface area contributed by atoms with Gasteiger partial charge >= 0.3 is 0 Å². The Hall–Kier alpha value is -3.72. The molecule has 0 aliphatic carbocycles. The second-order valence-corrected chi connectivity index (χ2v) is 9.71. The summed E-state index contributed by atoms with van der Waals surface area (Å²) >= 11 is 1.48. The number of benzene rings is 3. The van der Waals surface area contributed by atoms with Crippen LogP contribution in [0.2, 0.25) is 0 Å². The molecular formula is C29H32N4O3S. The third kappa shape index (κ3) is 9.02. The maximum Gasteiger partial charge on any atom is 0.230 e. The SMILES string of the molecule is CC(Cc1ccc(NC(=O)Cc2csc(Nc3ccccc3)n2)cc1)NCC(O)COc1ccccc1. The lowest BCUT2D eigenvalue weighted by Crippen LogP contribution is -2.37. The Morgan fingerprint density at radius 3 is 2.41 bits per heavy atom. The molecule has 0 bridgehead atoms. The van der Waals surface area contributed by atoms with Gasteiger partial charge in [0.25, 0.3) is 0 Å². The van der Waals surface area contributed by atoms with Crippen LogP contribution in [0.3, 0.4) is 0 Å². The normalized spacial score (nSPS) is 12.5. The molecule has 8 heteroatoms. The molecule has 1 amide bonds. The summed E-state index contributed by atoms with van der Waals surface area (Å²) in [4.78, 5) is 17.0. The number of para-hydroxylation sites is 2. The number of anilines is 3. The third-order valence-electron chi connectivity index (χ3n) is 5.59. The minimum atomic E-state index is -0.594. The lowest BCUT2D eigenvalue weighted by Gasteiger charge is -2.18. The molecule has 0 radical (unpaired) electrons. The van der Waals surface area contributed by atoms with Crippen molar-refractivity contribution in [1.82, 2.24) is 10.3 Å². The van der Waals surface area contributed by atoms with E-state index in [4.69, 9.17) is 4.74 Å². The smallest absolute Gasteiger partial charge is 0.230 e. The number of nitrogens with zero attached hydrogens (tertiary/aromatic N) is 1. The predicted octanol–water partition coefficient (Wildman–Crippen LogP) is 5.03. The van der Waals surface area contributed by atoms with Crippen molar-refractivity contribution in [3.8, 4) is 5.75 Å². The maximum atomic E-state index is 12.5. The quantitative estimate of drug-likeness (QED) is 0.199. The summed E-state index contributed by atoms with van der Waals surface area (Å²) in [5, 5.41) is 22.4. The van der Waals surface area contributed by atoms with E-state index < -0.39 is 6.10 Å². The summed E-state index contributed by atoms with van der Waals surface area (Å²) in [7, 11) is 0. The molecule has 0 spiro atoms. The maximum absolute atomic E-state index is 12.5. The van der Waals surface area contributed by atoms with Gasteiger partial charge in [0, 0.05) is 29.3 Å². The average Bonchev–Trinajstić information content (AvgIpc) is 3.34. The molecule has 0 saturated carbocycles. The monoisotopic (exact) mass is 516 g/mol. The second kappa shape index (κ2) is 13.5. The number of hydrogen-bond acceptors (Lipinski definition) is 7. The molecule has 0 saturated heterocycles. The summed E-state index contributed by atoms with van der Waals surface area (Å²) in [6.07, 6.45) is 0.422. The minimum absolute atomic E-state index is 0.106. The van der Waals surface area contributed by atoms with Gasteiger partial charge in [-0.15, -0.1) is 11.3 Å². The predicted molar refractivity (Wildman–Crippen MR) is 150 cm³/mol. The van der Waals surface area contributed by atoms with E-state index in [9.17, 15) is 9.90 Å². The van der Waals surface area contributed by atoms with Crippen LogP contribution in [0, 0.1) is 0 Å². The average molecular weight is 517 g/mol. The van der Waals surface area contributed by atoms with E-state index in [1.54, 1.807) is 0 Å². The fourth-order valence-corrected chi connectivity index (χ4v) is 4.45. The standard InChI is InChI=1S/C29H32N4O3S/c1-21(30-18-26(34)19-36-27-10-6-3-7-11-27)16-22-12-14-24(15-13-22)31-28(35)17-25-20-37-29(33-25)32-23-8-4-2-5-9-23/h2-15,20-21,26,30,34H,16-19H2,1H3,(H,31,35)(H,32,33). The number of thiazole rings is 1. The van der Waals surface area contributed by atoms with Crippen LogP contribution in [-0.2, 0) is 17.6 Å². The van der Waals surface area contributed by atoms with Crippen LogP contribution in [0.5, 0.6) is 5.75 Å². The van der Waals surface area contributed by atoms with Crippen molar-refractivity contribution in [3.05, 3.63) is 102 Å². The van der Waals surface area contributed by atoms with Gasteiger partial charge in [0.2, 0.25) is 5.91 Å². The van der Waals surface area contributed by atoms with Crippen LogP contribution in [0.15, 0.2) is 90.3 Å². The summed E-state index contributed by atoms with van der Waals surface area (Å²) < 4.78 is 5.59. The van der Waals surface area contributed by atoms with Crippen LogP contribution in [0.25, 0.3) is 0 Å². The molecule has 2 unspecified atom stereocenters. The van der Waals surface area contributed by atoms with Gasteiger partial charge in [-0.2, -0.15) is 0 Å². The number of amides is 1. The molecule has 2 atom stereocenters. The van der Waals surface area contributed by atoms with Gasteiger partial charge < -0.3 is 25.8 Å². The summed E-state index contributed by atoms with van der Waals surface area (Å²) in [5.41, 5.74) is 3.59. The number of carbonyl (C=O) groups excluding carboxylic acids is 1. The molecule has 4 rings (SSSR count). The topological polar surface area (TPSA) is 95.5 Å². The first-order valence-corrected chi connectivity index (χ1v) is 13.2. The fraction of sp³-hybridized carbons (Fsp3) is 0.241. The van der Waals surface area contributed by atoms with E-state index >= 15 is 0 Å². The second-order valence-electron chi connectivity index (χ2n) is 8.85. The first kappa shape index (κ1) is 26.3. The van der Waals surface area contributed by atoms with Crippen molar-refractivity contribution in [3.63, 3.8) is 0 Å². The largest absolute Gasteiger partial charge is 0.491 e. The first-order valence-electron chi connectivity index (χ1n) is 12.3. The van der Waals surface area contributed by atoms with Crippen LogP contribution < -0.4 is 20.7 Å². The highest BCUT2D eigenvalue weighted by Gasteiger charge is 2.11. The van der Waals surface area contributed by atoms with E-state index in [0.717, 1.165) is 39.9 Å². The molecule has 192 valence electrons. The first-order chi connectivity index (χ1) is 18.0. The van der Waals surface area contributed by atoms with Gasteiger partial charge in [-0.1, -0.05) is 48.5 Å². The van der Waals surface area contributed by atoms with E-state index in [1.807, 2.05) is 90.3 Å². The van der Waals surface area contributed by atoms with Crippen LogP contribution in [-0.4, -0.2) is 41.3 Å². The molecule has 0 aliphatic heterocycles. The molecule has 4 N–H and O–H groups in total.